The lowest BCUT2D eigenvalue weighted by Crippen LogP contribution is -2.33. The summed E-state index contributed by atoms with van der Waals surface area (Å²) in [7, 11) is 0. The molecule has 1 heterocycles. The standard InChI is InChI=1S/C19H17F3N2O3S/c1-28-15-7-2-4-12(10-15)23-17(25)16-8-9-24(18(16)26)13-5-3-6-14(11-13)27-19(20,21)22/h2-7,10-11,16H,8-9H2,1H3,(H,23,25)/t16-/m0/s1. The minimum atomic E-state index is -4.82. The molecular formula is C19H17F3N2O3S. The highest BCUT2D eigenvalue weighted by molar-refractivity contribution is 7.98. The summed E-state index contributed by atoms with van der Waals surface area (Å²) < 4.78 is 41.1. The molecule has 28 heavy (non-hydrogen) atoms. The van der Waals surface area contributed by atoms with Crippen LogP contribution in [0, 0.1) is 5.92 Å². The topological polar surface area (TPSA) is 58.6 Å². The Bertz CT molecular complexity index is 889. The molecule has 1 N–H and O–H groups in total. The monoisotopic (exact) mass is 410 g/mol. The molecule has 1 saturated heterocycles. The van der Waals surface area contributed by atoms with Gasteiger partial charge in [-0.1, -0.05) is 12.1 Å². The SMILES string of the molecule is CSc1cccc(NC(=O)[C@@H]2CCN(c3cccc(OC(F)(F)F)c3)C2=O)c1. The summed E-state index contributed by atoms with van der Waals surface area (Å²) in [6, 6.07) is 12.4. The number of halogens is 3. The lowest BCUT2D eigenvalue weighted by molar-refractivity contribution is -0.274. The minimum Gasteiger partial charge on any atom is -0.406 e. The van der Waals surface area contributed by atoms with Crippen molar-refractivity contribution < 1.29 is 27.5 Å². The smallest absolute Gasteiger partial charge is 0.406 e. The predicted octanol–water partition coefficient (Wildman–Crippen LogP) is 4.30. The Morgan fingerprint density at radius 1 is 1.21 bits per heavy atom. The van der Waals surface area contributed by atoms with Crippen LogP contribution >= 0.6 is 11.8 Å². The van der Waals surface area contributed by atoms with E-state index in [4.69, 9.17) is 0 Å². The lowest BCUT2D eigenvalue weighted by Gasteiger charge is -2.18. The number of alkyl halides is 3. The van der Waals surface area contributed by atoms with Crippen LogP contribution in [0.25, 0.3) is 0 Å². The number of hydrogen-bond donors (Lipinski definition) is 1. The molecule has 9 heteroatoms. The predicted molar refractivity (Wildman–Crippen MR) is 100 cm³/mol. The van der Waals surface area contributed by atoms with Crippen molar-refractivity contribution in [2.24, 2.45) is 5.92 Å². The van der Waals surface area contributed by atoms with E-state index >= 15 is 0 Å². The molecule has 2 aromatic rings. The van der Waals surface area contributed by atoms with Gasteiger partial charge in [0.25, 0.3) is 0 Å². The zero-order chi connectivity index (χ0) is 20.3. The molecule has 1 atom stereocenters. The molecule has 0 bridgehead atoms. The zero-order valence-corrected chi connectivity index (χ0v) is 15.6. The zero-order valence-electron chi connectivity index (χ0n) is 14.8. The molecule has 0 aromatic heterocycles. The summed E-state index contributed by atoms with van der Waals surface area (Å²) in [4.78, 5) is 27.4. The summed E-state index contributed by atoms with van der Waals surface area (Å²) in [5.74, 6) is -2.21. The van der Waals surface area contributed by atoms with Gasteiger partial charge in [-0.3, -0.25) is 9.59 Å². The van der Waals surface area contributed by atoms with E-state index in [2.05, 4.69) is 10.1 Å². The Labute approximate surface area is 163 Å². The van der Waals surface area contributed by atoms with E-state index in [-0.39, 0.29) is 18.7 Å². The first-order chi connectivity index (χ1) is 13.3. The van der Waals surface area contributed by atoms with Gasteiger partial charge in [0.05, 0.1) is 0 Å². The maximum Gasteiger partial charge on any atom is 0.573 e. The van der Waals surface area contributed by atoms with Crippen LogP contribution in [0.5, 0.6) is 5.75 Å². The van der Waals surface area contributed by atoms with Crippen LogP contribution in [-0.4, -0.2) is 31.0 Å². The lowest BCUT2D eigenvalue weighted by atomic mass is 10.1. The van der Waals surface area contributed by atoms with Gasteiger partial charge < -0.3 is 15.0 Å². The van der Waals surface area contributed by atoms with E-state index in [0.717, 1.165) is 17.0 Å². The quantitative estimate of drug-likeness (QED) is 0.590. The second-order valence-corrected chi connectivity index (χ2v) is 6.98. The van der Waals surface area contributed by atoms with Gasteiger partial charge in [-0.25, -0.2) is 0 Å². The number of ether oxygens (including phenoxy) is 1. The van der Waals surface area contributed by atoms with E-state index in [0.29, 0.717) is 5.69 Å². The third-order valence-electron chi connectivity index (χ3n) is 4.22. The number of rotatable bonds is 5. The number of amides is 2. The van der Waals surface area contributed by atoms with Crippen LogP contribution in [-0.2, 0) is 9.59 Å². The van der Waals surface area contributed by atoms with Gasteiger partial charge in [0, 0.05) is 28.9 Å². The van der Waals surface area contributed by atoms with Crippen molar-refractivity contribution >= 4 is 35.0 Å². The van der Waals surface area contributed by atoms with E-state index in [9.17, 15) is 22.8 Å². The molecule has 0 spiro atoms. The second kappa shape index (κ2) is 8.14. The molecule has 0 radical (unpaired) electrons. The van der Waals surface area contributed by atoms with Gasteiger partial charge in [0.15, 0.2) is 0 Å². The molecular weight excluding hydrogens is 393 g/mol. The number of nitrogens with zero attached hydrogens (tertiary/aromatic N) is 1. The van der Waals surface area contributed by atoms with Crippen molar-refractivity contribution in [2.45, 2.75) is 17.7 Å². The first-order valence-corrected chi connectivity index (χ1v) is 9.61. The number of carbonyl (C=O) groups excluding carboxylic acids is 2. The van der Waals surface area contributed by atoms with Crippen molar-refractivity contribution in [2.75, 3.05) is 23.0 Å². The molecule has 0 saturated carbocycles. The van der Waals surface area contributed by atoms with Crippen LogP contribution in [0.4, 0.5) is 24.5 Å². The fourth-order valence-electron chi connectivity index (χ4n) is 2.96. The number of benzene rings is 2. The number of nitrogens with one attached hydrogen (secondary N) is 1. The average Bonchev–Trinajstić information content (AvgIpc) is 3.02. The fraction of sp³-hybridized carbons (Fsp3) is 0.263. The molecule has 2 amide bonds. The number of carbonyl (C=O) groups is 2. The molecule has 1 aliphatic heterocycles. The largest absolute Gasteiger partial charge is 0.573 e. The highest BCUT2D eigenvalue weighted by Crippen LogP contribution is 2.31. The van der Waals surface area contributed by atoms with Crippen LogP contribution in [0.15, 0.2) is 53.4 Å². The van der Waals surface area contributed by atoms with Crippen LogP contribution in [0.2, 0.25) is 0 Å². The van der Waals surface area contributed by atoms with Crippen LogP contribution < -0.4 is 15.0 Å². The van der Waals surface area contributed by atoms with Crippen molar-refractivity contribution in [3.05, 3.63) is 48.5 Å². The van der Waals surface area contributed by atoms with Crippen molar-refractivity contribution in [3.63, 3.8) is 0 Å². The van der Waals surface area contributed by atoms with Crippen LogP contribution in [0.1, 0.15) is 6.42 Å². The Hall–Kier alpha value is -2.68. The molecule has 5 nitrogen and oxygen atoms in total. The maximum atomic E-state index is 12.7. The Morgan fingerprint density at radius 3 is 2.68 bits per heavy atom. The fourth-order valence-corrected chi connectivity index (χ4v) is 3.42. The first-order valence-electron chi connectivity index (χ1n) is 8.39. The van der Waals surface area contributed by atoms with E-state index < -0.39 is 29.8 Å². The maximum absolute atomic E-state index is 12.7. The van der Waals surface area contributed by atoms with E-state index in [1.165, 1.54) is 28.8 Å². The summed E-state index contributed by atoms with van der Waals surface area (Å²) in [5.41, 5.74) is 0.843. The van der Waals surface area contributed by atoms with Crippen molar-refractivity contribution in [1.82, 2.24) is 0 Å². The molecule has 2 aromatic carbocycles. The summed E-state index contributed by atoms with van der Waals surface area (Å²) >= 11 is 1.53. The molecule has 0 aliphatic carbocycles. The van der Waals surface area contributed by atoms with Crippen LogP contribution in [0.3, 0.4) is 0 Å². The molecule has 1 fully saturated rings. The van der Waals surface area contributed by atoms with Gasteiger partial charge >= 0.3 is 6.36 Å². The third kappa shape index (κ3) is 4.78. The van der Waals surface area contributed by atoms with Crippen molar-refractivity contribution in [1.29, 1.82) is 0 Å². The highest BCUT2D eigenvalue weighted by Gasteiger charge is 2.38. The summed E-state index contributed by atoms with van der Waals surface area (Å²) in [6.07, 6.45) is -2.63. The minimum absolute atomic E-state index is 0.233. The van der Waals surface area contributed by atoms with E-state index in [1.54, 1.807) is 18.2 Å². The summed E-state index contributed by atoms with van der Waals surface area (Å²) in [5, 5.41) is 2.73. The highest BCUT2D eigenvalue weighted by atomic mass is 32.2. The first kappa shape index (κ1) is 20.1. The second-order valence-electron chi connectivity index (χ2n) is 6.10. The van der Waals surface area contributed by atoms with Gasteiger partial charge in [-0.05, 0) is 43.0 Å². The van der Waals surface area contributed by atoms with E-state index in [1.807, 2.05) is 12.3 Å². The number of hydrogen-bond acceptors (Lipinski definition) is 4. The number of thioether (sulfide) groups is 1. The molecule has 0 unspecified atom stereocenters. The van der Waals surface area contributed by atoms with Gasteiger partial charge in [0.2, 0.25) is 11.8 Å². The van der Waals surface area contributed by atoms with Gasteiger partial charge in [0.1, 0.15) is 11.7 Å². The third-order valence-corrected chi connectivity index (χ3v) is 4.95. The molecule has 3 rings (SSSR count). The molecule has 1 aliphatic rings. The number of anilines is 2. The Morgan fingerprint density at radius 2 is 1.96 bits per heavy atom. The molecule has 148 valence electrons. The Balaban J connectivity index is 1.70. The van der Waals surface area contributed by atoms with Gasteiger partial charge in [-0.2, -0.15) is 0 Å². The van der Waals surface area contributed by atoms with Gasteiger partial charge in [-0.15, -0.1) is 24.9 Å². The summed E-state index contributed by atoms with van der Waals surface area (Å²) in [6.45, 7) is 0.233. The average molecular weight is 410 g/mol. The normalized spacial score (nSPS) is 16.9. The van der Waals surface area contributed by atoms with Crippen molar-refractivity contribution in [3.8, 4) is 5.75 Å². The Kier molecular flexibility index (Phi) is 5.83.